The highest BCUT2D eigenvalue weighted by molar-refractivity contribution is 6.10. The van der Waals surface area contributed by atoms with Gasteiger partial charge in [-0.25, -0.2) is 0 Å². The highest BCUT2D eigenvalue weighted by atomic mass is 16.5. The fourth-order valence-corrected chi connectivity index (χ4v) is 10.8. The van der Waals surface area contributed by atoms with Crippen molar-refractivity contribution in [2.45, 2.75) is 88.4 Å². The standard InChI is InChI=1S/C54H54N2O4/c1-53(40-8-4-2-5-9-40)35-54(41-10-6-3-7-11-41,42-19-12-36(13-20-42)51(57)37-14-25-45(26-15-37)59-47-29-21-43(55)22-30-47)49-33-18-39(34-50(49)53)52(58)38-16-27-46(28-17-38)60-48-31-23-44(56)24-32-48/h12-34,40-41H,2-11,35,55-56H2,1H3. The van der Waals surface area contributed by atoms with Crippen LogP contribution >= 0.6 is 0 Å². The largest absolute Gasteiger partial charge is 0.457 e. The number of rotatable bonds is 11. The number of nitrogen functional groups attached to an aromatic ring is 2. The summed E-state index contributed by atoms with van der Waals surface area (Å²) in [5.41, 5.74) is 19.4. The van der Waals surface area contributed by atoms with Crippen molar-refractivity contribution in [1.29, 1.82) is 0 Å². The molecule has 0 saturated heterocycles. The molecule has 0 amide bonds. The lowest BCUT2D eigenvalue weighted by Gasteiger charge is -2.45. The first-order valence-electron chi connectivity index (χ1n) is 21.8. The fraction of sp³-hybridized carbons (Fsp3) is 0.296. The van der Waals surface area contributed by atoms with Gasteiger partial charge in [-0.2, -0.15) is 0 Å². The van der Waals surface area contributed by atoms with Crippen LogP contribution in [-0.2, 0) is 10.8 Å². The monoisotopic (exact) mass is 794 g/mol. The van der Waals surface area contributed by atoms with Crippen LogP contribution in [0.25, 0.3) is 0 Å². The molecule has 6 heteroatoms. The van der Waals surface area contributed by atoms with Crippen LogP contribution in [0.2, 0.25) is 0 Å². The van der Waals surface area contributed by atoms with E-state index in [9.17, 15) is 9.59 Å². The minimum Gasteiger partial charge on any atom is -0.457 e. The van der Waals surface area contributed by atoms with Crippen molar-refractivity contribution in [3.8, 4) is 23.0 Å². The van der Waals surface area contributed by atoms with Gasteiger partial charge in [0.15, 0.2) is 11.6 Å². The van der Waals surface area contributed by atoms with E-state index in [1.54, 1.807) is 12.1 Å². The lowest BCUT2D eigenvalue weighted by Crippen LogP contribution is -2.40. The number of ether oxygens (including phenoxy) is 2. The zero-order chi connectivity index (χ0) is 41.3. The van der Waals surface area contributed by atoms with Crippen LogP contribution in [0.3, 0.4) is 0 Å². The summed E-state index contributed by atoms with van der Waals surface area (Å²) in [6.45, 7) is 2.50. The molecule has 0 heterocycles. The maximum Gasteiger partial charge on any atom is 0.193 e. The van der Waals surface area contributed by atoms with Crippen LogP contribution < -0.4 is 20.9 Å². The Labute approximate surface area is 353 Å². The Morgan fingerprint density at radius 3 is 1.32 bits per heavy atom. The van der Waals surface area contributed by atoms with Crippen molar-refractivity contribution in [1.82, 2.24) is 0 Å². The summed E-state index contributed by atoms with van der Waals surface area (Å²) in [6, 6.07) is 44.5. The maximum absolute atomic E-state index is 14.3. The van der Waals surface area contributed by atoms with Crippen molar-refractivity contribution in [3.63, 3.8) is 0 Å². The van der Waals surface area contributed by atoms with Crippen LogP contribution in [0.1, 0.15) is 126 Å². The molecule has 9 rings (SSSR count). The van der Waals surface area contributed by atoms with Crippen molar-refractivity contribution in [2.24, 2.45) is 11.8 Å². The second kappa shape index (κ2) is 16.5. The van der Waals surface area contributed by atoms with E-state index in [4.69, 9.17) is 20.9 Å². The molecule has 0 aliphatic heterocycles. The number of carbonyl (C=O) groups is 2. The van der Waals surface area contributed by atoms with Gasteiger partial charge >= 0.3 is 0 Å². The van der Waals surface area contributed by atoms with Crippen molar-refractivity contribution in [2.75, 3.05) is 11.5 Å². The van der Waals surface area contributed by atoms with Gasteiger partial charge in [-0.15, -0.1) is 0 Å². The third-order valence-corrected chi connectivity index (χ3v) is 14.0. The molecule has 3 aliphatic carbocycles. The van der Waals surface area contributed by atoms with Gasteiger partial charge < -0.3 is 20.9 Å². The molecule has 0 spiro atoms. The molecule has 6 aromatic rings. The Balaban J connectivity index is 1.04. The van der Waals surface area contributed by atoms with Gasteiger partial charge in [0, 0.05) is 39.0 Å². The second-order valence-electron chi connectivity index (χ2n) is 17.6. The zero-order valence-electron chi connectivity index (χ0n) is 34.5. The smallest absolute Gasteiger partial charge is 0.193 e. The second-order valence-corrected chi connectivity index (χ2v) is 17.6. The third-order valence-electron chi connectivity index (χ3n) is 14.0. The molecule has 2 fully saturated rings. The Morgan fingerprint density at radius 1 is 0.467 bits per heavy atom. The number of anilines is 2. The maximum atomic E-state index is 14.3. The Morgan fingerprint density at radius 2 is 0.850 bits per heavy atom. The molecule has 3 aliphatic rings. The third kappa shape index (κ3) is 7.60. The molecule has 6 aromatic carbocycles. The molecule has 60 heavy (non-hydrogen) atoms. The van der Waals surface area contributed by atoms with Crippen LogP contribution in [0, 0.1) is 11.8 Å². The van der Waals surface area contributed by atoms with Gasteiger partial charge in [-0.3, -0.25) is 9.59 Å². The van der Waals surface area contributed by atoms with Gasteiger partial charge in [0.2, 0.25) is 0 Å². The molecular weight excluding hydrogens is 741 g/mol. The predicted octanol–water partition coefficient (Wildman–Crippen LogP) is 13.0. The molecule has 2 atom stereocenters. The highest BCUT2D eigenvalue weighted by Gasteiger charge is 2.56. The highest BCUT2D eigenvalue weighted by Crippen LogP contribution is 2.63. The number of nitrogens with two attached hydrogens (primary N) is 2. The SMILES string of the molecule is CC1(C2CCCCC2)CC(c2ccc(C(=O)c3ccc(Oc4ccc(N)cc4)cc3)cc2)(C2CCCCC2)c2ccc(C(=O)c3ccc(Oc4ccc(N)cc4)cc3)cc21. The predicted molar refractivity (Wildman–Crippen MR) is 240 cm³/mol. The summed E-state index contributed by atoms with van der Waals surface area (Å²) < 4.78 is 12.0. The number of fused-ring (bicyclic) bond motifs is 1. The molecule has 4 N–H and O–H groups in total. The van der Waals surface area contributed by atoms with Gasteiger partial charge in [-0.1, -0.05) is 81.8 Å². The van der Waals surface area contributed by atoms with Crippen molar-refractivity contribution >= 4 is 22.9 Å². The first-order chi connectivity index (χ1) is 29.2. The van der Waals surface area contributed by atoms with Gasteiger partial charge in [0.25, 0.3) is 0 Å². The van der Waals surface area contributed by atoms with Crippen molar-refractivity contribution in [3.05, 3.63) is 178 Å². The first kappa shape index (κ1) is 39.3. The number of hydrogen-bond acceptors (Lipinski definition) is 6. The lowest BCUT2D eigenvalue weighted by atomic mass is 9.59. The molecule has 304 valence electrons. The molecule has 0 aromatic heterocycles. The van der Waals surface area contributed by atoms with Crippen LogP contribution in [0.4, 0.5) is 11.4 Å². The summed E-state index contributed by atoms with van der Waals surface area (Å²) in [4.78, 5) is 28.2. The molecule has 2 unspecified atom stereocenters. The summed E-state index contributed by atoms with van der Waals surface area (Å²) >= 11 is 0. The van der Waals surface area contributed by atoms with Crippen LogP contribution in [0.5, 0.6) is 23.0 Å². The molecular formula is C54H54N2O4. The van der Waals surface area contributed by atoms with E-state index in [0.717, 1.165) is 12.0 Å². The van der Waals surface area contributed by atoms with Gasteiger partial charge in [-0.05, 0) is 169 Å². The summed E-state index contributed by atoms with van der Waals surface area (Å²) in [6.07, 6.45) is 13.3. The Kier molecular flexibility index (Phi) is 10.8. The molecule has 2 saturated carbocycles. The molecule has 0 radical (unpaired) electrons. The summed E-state index contributed by atoms with van der Waals surface area (Å²) in [7, 11) is 0. The summed E-state index contributed by atoms with van der Waals surface area (Å²) in [5, 5.41) is 0. The quantitative estimate of drug-likeness (QED) is 0.0999. The Hall–Kier alpha value is -6.14. The number of ketones is 2. The fourth-order valence-electron chi connectivity index (χ4n) is 10.8. The van der Waals surface area contributed by atoms with E-state index in [1.165, 1.54) is 80.9 Å². The van der Waals surface area contributed by atoms with E-state index in [1.807, 2.05) is 97.1 Å². The molecule has 0 bridgehead atoms. The molecule has 6 nitrogen and oxygen atoms in total. The average Bonchev–Trinajstić information content (AvgIpc) is 3.58. The number of benzene rings is 6. The number of hydrogen-bond donors (Lipinski definition) is 2. The summed E-state index contributed by atoms with van der Waals surface area (Å²) in [5.74, 6) is 3.72. The van der Waals surface area contributed by atoms with Gasteiger partial charge in [0.1, 0.15) is 23.0 Å². The van der Waals surface area contributed by atoms with Crippen LogP contribution in [0.15, 0.2) is 140 Å². The normalized spacial score (nSPS) is 20.6. The van der Waals surface area contributed by atoms with Gasteiger partial charge in [0.05, 0.1) is 0 Å². The van der Waals surface area contributed by atoms with E-state index in [0.29, 0.717) is 62.9 Å². The van der Waals surface area contributed by atoms with Crippen molar-refractivity contribution < 1.29 is 19.1 Å². The first-order valence-corrected chi connectivity index (χ1v) is 21.8. The minimum absolute atomic E-state index is 0.0147. The zero-order valence-corrected chi connectivity index (χ0v) is 34.5. The van der Waals surface area contributed by atoms with E-state index < -0.39 is 0 Å². The lowest BCUT2D eigenvalue weighted by molar-refractivity contribution is 0.103. The Bertz CT molecular complexity index is 2460. The van der Waals surface area contributed by atoms with E-state index in [2.05, 4.69) is 37.3 Å². The topological polar surface area (TPSA) is 105 Å². The average molecular weight is 795 g/mol. The minimum atomic E-state index is -0.215. The van der Waals surface area contributed by atoms with E-state index >= 15 is 0 Å². The number of carbonyl (C=O) groups excluding carboxylic acids is 2. The van der Waals surface area contributed by atoms with E-state index in [-0.39, 0.29) is 22.4 Å². The van der Waals surface area contributed by atoms with Crippen LogP contribution in [-0.4, -0.2) is 11.6 Å².